The Hall–Kier alpha value is -2.29. The van der Waals surface area contributed by atoms with Crippen molar-refractivity contribution in [2.24, 2.45) is 0 Å². The van der Waals surface area contributed by atoms with Crippen LogP contribution in [0.3, 0.4) is 0 Å². The Morgan fingerprint density at radius 1 is 1.00 bits per heavy atom. The molecule has 0 unspecified atom stereocenters. The second kappa shape index (κ2) is 3.63. The van der Waals surface area contributed by atoms with Gasteiger partial charge in [0.25, 0.3) is 0 Å². The molecular formula is C14H10O3. The first-order chi connectivity index (χ1) is 8.27. The van der Waals surface area contributed by atoms with Gasteiger partial charge < -0.3 is 9.84 Å². The van der Waals surface area contributed by atoms with Crippen molar-refractivity contribution in [3.63, 3.8) is 0 Å². The fourth-order valence-corrected chi connectivity index (χ4v) is 2.02. The third-order valence-electron chi connectivity index (χ3n) is 2.87. The molecule has 0 spiro atoms. The molecule has 1 N–H and O–H groups in total. The molecular weight excluding hydrogens is 216 g/mol. The molecule has 2 aromatic rings. The van der Waals surface area contributed by atoms with E-state index in [0.29, 0.717) is 17.7 Å². The van der Waals surface area contributed by atoms with Crippen LogP contribution in [-0.2, 0) is 6.61 Å². The summed E-state index contributed by atoms with van der Waals surface area (Å²) in [5.74, 6) is 0.168. The lowest BCUT2D eigenvalue weighted by Crippen LogP contribution is -2.02. The van der Waals surface area contributed by atoms with Crippen LogP contribution in [0.15, 0.2) is 42.5 Å². The minimum Gasteiger partial charge on any atom is -0.504 e. The van der Waals surface area contributed by atoms with Crippen LogP contribution in [-0.4, -0.2) is 10.9 Å². The van der Waals surface area contributed by atoms with E-state index in [1.165, 1.54) is 6.07 Å². The zero-order valence-electron chi connectivity index (χ0n) is 9.01. The summed E-state index contributed by atoms with van der Waals surface area (Å²) in [6, 6.07) is 12.1. The van der Waals surface area contributed by atoms with Crippen LogP contribution in [0.2, 0.25) is 0 Å². The van der Waals surface area contributed by atoms with Crippen molar-refractivity contribution in [2.75, 3.05) is 0 Å². The second-order valence-electron chi connectivity index (χ2n) is 3.93. The zero-order chi connectivity index (χ0) is 11.8. The van der Waals surface area contributed by atoms with Gasteiger partial charge in [-0.25, -0.2) is 0 Å². The van der Waals surface area contributed by atoms with E-state index in [2.05, 4.69) is 0 Å². The average Bonchev–Trinajstić information content (AvgIpc) is 2.50. The van der Waals surface area contributed by atoms with E-state index in [-0.39, 0.29) is 17.3 Å². The molecule has 0 fully saturated rings. The largest absolute Gasteiger partial charge is 0.504 e. The molecule has 0 aliphatic carbocycles. The summed E-state index contributed by atoms with van der Waals surface area (Å²) >= 11 is 0. The Morgan fingerprint density at radius 3 is 2.65 bits per heavy atom. The number of ether oxygens (including phenoxy) is 1. The van der Waals surface area contributed by atoms with Gasteiger partial charge in [-0.3, -0.25) is 4.79 Å². The highest BCUT2D eigenvalue weighted by Gasteiger charge is 2.23. The maximum Gasteiger partial charge on any atom is 0.197 e. The molecule has 1 aliphatic rings. The smallest absolute Gasteiger partial charge is 0.197 e. The number of fused-ring (bicyclic) bond motifs is 2. The van der Waals surface area contributed by atoms with Gasteiger partial charge in [-0.2, -0.15) is 0 Å². The number of benzene rings is 2. The maximum atomic E-state index is 12.3. The van der Waals surface area contributed by atoms with Crippen molar-refractivity contribution in [1.29, 1.82) is 0 Å². The van der Waals surface area contributed by atoms with Crippen molar-refractivity contribution in [1.82, 2.24) is 0 Å². The van der Waals surface area contributed by atoms with Crippen LogP contribution in [0.4, 0.5) is 0 Å². The molecule has 0 aromatic heterocycles. The molecule has 2 aromatic carbocycles. The fraction of sp³-hybridized carbons (Fsp3) is 0.0714. The number of ketones is 1. The minimum absolute atomic E-state index is 0.00339. The molecule has 0 amide bonds. The van der Waals surface area contributed by atoms with Crippen molar-refractivity contribution < 1.29 is 14.6 Å². The Morgan fingerprint density at radius 2 is 1.76 bits per heavy atom. The highest BCUT2D eigenvalue weighted by atomic mass is 16.5. The highest BCUT2D eigenvalue weighted by Crippen LogP contribution is 2.35. The lowest BCUT2D eigenvalue weighted by atomic mass is 9.99. The number of carbonyl (C=O) groups excluding carboxylic acids is 1. The third-order valence-corrected chi connectivity index (χ3v) is 2.87. The van der Waals surface area contributed by atoms with Gasteiger partial charge in [0.2, 0.25) is 0 Å². The number of hydrogen-bond donors (Lipinski definition) is 1. The van der Waals surface area contributed by atoms with Crippen molar-refractivity contribution in [3.05, 3.63) is 59.2 Å². The lowest BCUT2D eigenvalue weighted by Gasteiger charge is -2.07. The molecule has 17 heavy (non-hydrogen) atoms. The minimum atomic E-state index is -0.107. The Bertz CT molecular complexity index is 602. The highest BCUT2D eigenvalue weighted by molar-refractivity contribution is 6.12. The van der Waals surface area contributed by atoms with Gasteiger partial charge in [0.15, 0.2) is 17.3 Å². The van der Waals surface area contributed by atoms with Gasteiger partial charge in [-0.05, 0) is 12.1 Å². The Kier molecular flexibility index (Phi) is 2.11. The van der Waals surface area contributed by atoms with Gasteiger partial charge in [0.1, 0.15) is 6.61 Å². The molecule has 0 saturated heterocycles. The normalized spacial score (nSPS) is 13.3. The van der Waals surface area contributed by atoms with E-state index in [1.807, 2.05) is 18.2 Å². The lowest BCUT2D eigenvalue weighted by molar-refractivity contribution is 0.103. The number of rotatable bonds is 0. The third kappa shape index (κ3) is 1.47. The van der Waals surface area contributed by atoms with Crippen LogP contribution >= 0.6 is 0 Å². The van der Waals surface area contributed by atoms with E-state index < -0.39 is 0 Å². The molecule has 0 saturated carbocycles. The quantitative estimate of drug-likeness (QED) is 0.750. The van der Waals surface area contributed by atoms with Crippen LogP contribution in [0.25, 0.3) is 0 Å². The monoisotopic (exact) mass is 226 g/mol. The van der Waals surface area contributed by atoms with Crippen molar-refractivity contribution >= 4 is 5.78 Å². The Labute approximate surface area is 98.3 Å². The van der Waals surface area contributed by atoms with E-state index in [1.54, 1.807) is 18.2 Å². The van der Waals surface area contributed by atoms with Crippen LogP contribution < -0.4 is 4.74 Å². The molecule has 84 valence electrons. The summed E-state index contributed by atoms with van der Waals surface area (Å²) in [7, 11) is 0. The molecule has 1 heterocycles. The van der Waals surface area contributed by atoms with Crippen LogP contribution in [0, 0.1) is 0 Å². The summed E-state index contributed by atoms with van der Waals surface area (Å²) in [5.41, 5.74) is 1.89. The SMILES string of the molecule is O=C1c2ccccc2COc2c(O)cccc21. The van der Waals surface area contributed by atoms with E-state index in [9.17, 15) is 9.90 Å². The number of para-hydroxylation sites is 1. The summed E-state index contributed by atoms with van der Waals surface area (Å²) in [4.78, 5) is 12.3. The number of carbonyl (C=O) groups is 1. The van der Waals surface area contributed by atoms with Crippen molar-refractivity contribution in [2.45, 2.75) is 6.61 Å². The van der Waals surface area contributed by atoms with E-state index in [4.69, 9.17) is 4.74 Å². The fourth-order valence-electron chi connectivity index (χ4n) is 2.02. The van der Waals surface area contributed by atoms with Gasteiger partial charge in [-0.1, -0.05) is 30.3 Å². The molecule has 0 atom stereocenters. The first-order valence-corrected chi connectivity index (χ1v) is 5.35. The predicted octanol–water partition coefficient (Wildman–Crippen LogP) is 2.52. The van der Waals surface area contributed by atoms with Gasteiger partial charge in [-0.15, -0.1) is 0 Å². The Balaban J connectivity index is 2.24. The zero-order valence-corrected chi connectivity index (χ0v) is 9.01. The first-order valence-electron chi connectivity index (χ1n) is 5.35. The summed E-state index contributed by atoms with van der Waals surface area (Å²) in [6.45, 7) is 0.298. The molecule has 3 rings (SSSR count). The summed E-state index contributed by atoms with van der Waals surface area (Å²) in [5, 5.41) is 9.70. The molecule has 0 bridgehead atoms. The molecule has 1 aliphatic heterocycles. The van der Waals surface area contributed by atoms with E-state index >= 15 is 0 Å². The predicted molar refractivity (Wildman–Crippen MR) is 62.3 cm³/mol. The van der Waals surface area contributed by atoms with Gasteiger partial charge >= 0.3 is 0 Å². The van der Waals surface area contributed by atoms with Crippen LogP contribution in [0.5, 0.6) is 11.5 Å². The topological polar surface area (TPSA) is 46.5 Å². The van der Waals surface area contributed by atoms with E-state index in [0.717, 1.165) is 5.56 Å². The number of aromatic hydroxyl groups is 1. The van der Waals surface area contributed by atoms with Gasteiger partial charge in [0, 0.05) is 11.1 Å². The van der Waals surface area contributed by atoms with Gasteiger partial charge in [0.05, 0.1) is 5.56 Å². The summed E-state index contributed by atoms with van der Waals surface area (Å²) < 4.78 is 5.51. The molecule has 0 radical (unpaired) electrons. The maximum absolute atomic E-state index is 12.3. The molecule has 3 nitrogen and oxygen atoms in total. The first kappa shape index (κ1) is 9.90. The average molecular weight is 226 g/mol. The summed E-state index contributed by atoms with van der Waals surface area (Å²) in [6.07, 6.45) is 0. The molecule has 3 heteroatoms. The second-order valence-corrected chi connectivity index (χ2v) is 3.93. The standard InChI is InChI=1S/C14H10O3/c15-12-7-3-6-11-13(16)10-5-2-1-4-9(10)8-17-14(11)12/h1-7,15H,8H2. The number of phenolic OH excluding ortho intramolecular Hbond substituents is 1. The van der Waals surface area contributed by atoms with Crippen molar-refractivity contribution in [3.8, 4) is 11.5 Å². The number of phenols is 1. The number of hydrogen-bond acceptors (Lipinski definition) is 3. The van der Waals surface area contributed by atoms with Crippen LogP contribution in [0.1, 0.15) is 21.5 Å².